The number of aromatic nitrogens is 1. The highest BCUT2D eigenvalue weighted by atomic mass is 16.5. The molecule has 2 aromatic rings. The van der Waals surface area contributed by atoms with Gasteiger partial charge in [-0.05, 0) is 23.5 Å². The quantitative estimate of drug-likeness (QED) is 0.801. The molecular formula is C15H19NO2. The molecule has 0 saturated carbocycles. The summed E-state index contributed by atoms with van der Waals surface area (Å²) in [5, 5.41) is 5.30. The van der Waals surface area contributed by atoms with Gasteiger partial charge in [0.1, 0.15) is 5.75 Å². The molecule has 3 rings (SSSR count). The summed E-state index contributed by atoms with van der Waals surface area (Å²) in [6.45, 7) is 9.46. The second kappa shape index (κ2) is 4.01. The lowest BCUT2D eigenvalue weighted by molar-refractivity contribution is 0.360. The van der Waals surface area contributed by atoms with E-state index in [1.807, 2.05) is 0 Å². The van der Waals surface area contributed by atoms with E-state index < -0.39 is 0 Å². The minimum atomic E-state index is 0.351. The van der Waals surface area contributed by atoms with Crippen molar-refractivity contribution in [2.75, 3.05) is 6.61 Å². The molecule has 3 nitrogen and oxygen atoms in total. The van der Waals surface area contributed by atoms with Crippen molar-refractivity contribution in [3.63, 3.8) is 0 Å². The van der Waals surface area contributed by atoms with Crippen molar-refractivity contribution in [3.05, 3.63) is 22.9 Å². The van der Waals surface area contributed by atoms with Gasteiger partial charge in [-0.25, -0.2) is 0 Å². The van der Waals surface area contributed by atoms with E-state index in [0.29, 0.717) is 11.8 Å². The smallest absolute Gasteiger partial charge is 0.171 e. The van der Waals surface area contributed by atoms with Crippen LogP contribution < -0.4 is 4.74 Å². The molecule has 1 aromatic carbocycles. The summed E-state index contributed by atoms with van der Waals surface area (Å²) in [7, 11) is 0. The summed E-state index contributed by atoms with van der Waals surface area (Å²) in [4.78, 5) is 0. The third-order valence-electron chi connectivity index (χ3n) is 3.65. The topological polar surface area (TPSA) is 35.3 Å². The Balaban J connectivity index is 2.34. The van der Waals surface area contributed by atoms with Gasteiger partial charge in [0.05, 0.1) is 17.7 Å². The van der Waals surface area contributed by atoms with E-state index in [9.17, 15) is 0 Å². The Morgan fingerprint density at radius 3 is 2.61 bits per heavy atom. The highest BCUT2D eigenvalue weighted by Gasteiger charge is 2.26. The van der Waals surface area contributed by atoms with E-state index in [0.717, 1.165) is 35.4 Å². The second-order valence-corrected chi connectivity index (χ2v) is 5.62. The SMILES string of the molecule is CC(C)c1cc2onc(C(C)C)c2c2c1CCO2. The monoisotopic (exact) mass is 245 g/mol. The predicted molar refractivity (Wildman–Crippen MR) is 71.4 cm³/mol. The number of fused-ring (bicyclic) bond motifs is 3. The first-order valence-corrected chi connectivity index (χ1v) is 6.67. The number of rotatable bonds is 2. The van der Waals surface area contributed by atoms with E-state index in [-0.39, 0.29) is 0 Å². The predicted octanol–water partition coefficient (Wildman–Crippen LogP) is 4.01. The number of ether oxygens (including phenoxy) is 1. The van der Waals surface area contributed by atoms with Crippen LogP contribution in [0.25, 0.3) is 11.0 Å². The summed E-state index contributed by atoms with van der Waals surface area (Å²) in [5.74, 6) is 1.85. The molecule has 0 unspecified atom stereocenters. The van der Waals surface area contributed by atoms with Gasteiger partial charge in [-0.1, -0.05) is 32.9 Å². The fourth-order valence-corrected chi connectivity index (χ4v) is 2.73. The molecular weight excluding hydrogens is 226 g/mol. The Kier molecular flexibility index (Phi) is 2.58. The van der Waals surface area contributed by atoms with Crippen LogP contribution in [0.2, 0.25) is 0 Å². The van der Waals surface area contributed by atoms with Gasteiger partial charge in [-0.3, -0.25) is 0 Å². The molecule has 2 heterocycles. The van der Waals surface area contributed by atoms with Crippen molar-refractivity contribution in [1.82, 2.24) is 5.16 Å². The van der Waals surface area contributed by atoms with Crippen molar-refractivity contribution in [2.24, 2.45) is 0 Å². The van der Waals surface area contributed by atoms with Gasteiger partial charge in [0, 0.05) is 12.0 Å². The number of hydrogen-bond acceptors (Lipinski definition) is 3. The zero-order valence-electron chi connectivity index (χ0n) is 11.4. The first-order valence-electron chi connectivity index (χ1n) is 6.67. The summed E-state index contributed by atoms with van der Waals surface area (Å²) >= 11 is 0. The average molecular weight is 245 g/mol. The number of benzene rings is 1. The summed E-state index contributed by atoms with van der Waals surface area (Å²) < 4.78 is 11.3. The van der Waals surface area contributed by atoms with Gasteiger partial charge < -0.3 is 9.26 Å². The van der Waals surface area contributed by atoms with Crippen molar-refractivity contribution in [2.45, 2.75) is 46.0 Å². The first kappa shape index (κ1) is 11.6. The van der Waals surface area contributed by atoms with Gasteiger partial charge in [0.2, 0.25) is 0 Å². The van der Waals surface area contributed by atoms with Crippen molar-refractivity contribution < 1.29 is 9.26 Å². The van der Waals surface area contributed by atoms with Crippen LogP contribution in [-0.4, -0.2) is 11.8 Å². The summed E-state index contributed by atoms with van der Waals surface area (Å²) in [5.41, 5.74) is 4.56. The third-order valence-corrected chi connectivity index (χ3v) is 3.65. The molecule has 0 saturated heterocycles. The largest absolute Gasteiger partial charge is 0.492 e. The highest BCUT2D eigenvalue weighted by molar-refractivity contribution is 5.89. The first-order chi connectivity index (χ1) is 8.59. The fourth-order valence-electron chi connectivity index (χ4n) is 2.73. The van der Waals surface area contributed by atoms with Crippen LogP contribution in [0.5, 0.6) is 5.75 Å². The van der Waals surface area contributed by atoms with E-state index >= 15 is 0 Å². The molecule has 0 spiro atoms. The molecule has 1 aromatic heterocycles. The zero-order valence-corrected chi connectivity index (χ0v) is 11.4. The van der Waals surface area contributed by atoms with Gasteiger partial charge >= 0.3 is 0 Å². The Bertz CT molecular complexity index is 596. The van der Waals surface area contributed by atoms with Crippen LogP contribution in [0.15, 0.2) is 10.6 Å². The van der Waals surface area contributed by atoms with Gasteiger partial charge in [0.15, 0.2) is 5.58 Å². The lowest BCUT2D eigenvalue weighted by Gasteiger charge is -2.11. The maximum absolute atomic E-state index is 5.85. The van der Waals surface area contributed by atoms with E-state index in [2.05, 4.69) is 38.9 Å². The second-order valence-electron chi connectivity index (χ2n) is 5.62. The molecule has 1 aliphatic rings. The highest BCUT2D eigenvalue weighted by Crippen LogP contribution is 2.42. The lowest BCUT2D eigenvalue weighted by Crippen LogP contribution is -1.95. The molecule has 0 bridgehead atoms. The summed E-state index contributed by atoms with van der Waals surface area (Å²) in [6, 6.07) is 2.15. The van der Waals surface area contributed by atoms with Crippen LogP contribution in [0.3, 0.4) is 0 Å². The fraction of sp³-hybridized carbons (Fsp3) is 0.533. The van der Waals surface area contributed by atoms with Gasteiger partial charge in [0.25, 0.3) is 0 Å². The van der Waals surface area contributed by atoms with Gasteiger partial charge in [-0.15, -0.1) is 0 Å². The van der Waals surface area contributed by atoms with Crippen LogP contribution in [-0.2, 0) is 6.42 Å². The molecule has 18 heavy (non-hydrogen) atoms. The average Bonchev–Trinajstić information content (AvgIpc) is 2.93. The molecule has 96 valence electrons. The minimum Gasteiger partial charge on any atom is -0.492 e. The van der Waals surface area contributed by atoms with E-state index in [4.69, 9.17) is 9.26 Å². The Morgan fingerprint density at radius 2 is 1.94 bits per heavy atom. The molecule has 0 fully saturated rings. The maximum Gasteiger partial charge on any atom is 0.171 e. The summed E-state index contributed by atoms with van der Waals surface area (Å²) in [6.07, 6.45) is 1.00. The van der Waals surface area contributed by atoms with Crippen LogP contribution in [0, 0.1) is 0 Å². The van der Waals surface area contributed by atoms with Gasteiger partial charge in [-0.2, -0.15) is 0 Å². The molecule has 0 atom stereocenters. The minimum absolute atomic E-state index is 0.351. The van der Waals surface area contributed by atoms with Crippen molar-refractivity contribution in [1.29, 1.82) is 0 Å². The third kappa shape index (κ3) is 1.53. The van der Waals surface area contributed by atoms with Crippen LogP contribution in [0.4, 0.5) is 0 Å². The van der Waals surface area contributed by atoms with Crippen molar-refractivity contribution in [3.8, 4) is 5.75 Å². The molecule has 0 amide bonds. The molecule has 3 heteroatoms. The molecule has 0 radical (unpaired) electrons. The normalized spacial score (nSPS) is 14.6. The van der Waals surface area contributed by atoms with Crippen LogP contribution >= 0.6 is 0 Å². The number of hydrogen-bond donors (Lipinski definition) is 0. The van der Waals surface area contributed by atoms with E-state index in [1.54, 1.807) is 0 Å². The van der Waals surface area contributed by atoms with Crippen LogP contribution in [0.1, 0.15) is 56.4 Å². The zero-order chi connectivity index (χ0) is 12.9. The Morgan fingerprint density at radius 1 is 1.17 bits per heavy atom. The maximum atomic E-state index is 5.85. The number of nitrogens with zero attached hydrogens (tertiary/aromatic N) is 1. The molecule has 1 aliphatic heterocycles. The van der Waals surface area contributed by atoms with E-state index in [1.165, 1.54) is 11.1 Å². The standard InChI is InChI=1S/C15H19NO2/c1-8(2)11-7-12-13(14(9(3)4)16-18-12)15-10(11)5-6-17-15/h7-9H,5-6H2,1-4H3. The Hall–Kier alpha value is -1.51. The molecule has 0 aliphatic carbocycles. The van der Waals surface area contributed by atoms with Crippen molar-refractivity contribution >= 4 is 11.0 Å². The molecule has 0 N–H and O–H groups in total. The Labute approximate surface area is 107 Å². The lowest BCUT2D eigenvalue weighted by atomic mass is 9.92.